The maximum atomic E-state index is 5.59. The third-order valence-electron chi connectivity index (χ3n) is 5.15. The molecule has 7 heteroatoms. The summed E-state index contributed by atoms with van der Waals surface area (Å²) in [6.45, 7) is 2.39. The van der Waals surface area contributed by atoms with Crippen LogP contribution in [0.15, 0.2) is 42.9 Å². The predicted molar refractivity (Wildman–Crippen MR) is 109 cm³/mol. The van der Waals surface area contributed by atoms with Gasteiger partial charge in [0.15, 0.2) is 5.82 Å². The average Bonchev–Trinajstić information content (AvgIpc) is 2.79. The van der Waals surface area contributed by atoms with E-state index < -0.39 is 0 Å². The van der Waals surface area contributed by atoms with Crippen molar-refractivity contribution in [2.24, 2.45) is 0 Å². The van der Waals surface area contributed by atoms with Crippen molar-refractivity contribution in [3.8, 4) is 28.6 Å². The van der Waals surface area contributed by atoms with Crippen molar-refractivity contribution in [3.63, 3.8) is 0 Å². The van der Waals surface area contributed by atoms with Gasteiger partial charge in [0, 0.05) is 67.9 Å². The molecule has 4 rings (SSSR count). The largest absolute Gasteiger partial charge is 0.496 e. The topological polar surface area (TPSA) is 69.6 Å². The number of methoxy groups -OCH3 is 3. The molecule has 0 N–H and O–H groups in total. The van der Waals surface area contributed by atoms with Gasteiger partial charge in [-0.15, -0.1) is 0 Å². The fourth-order valence-electron chi connectivity index (χ4n) is 3.61. The van der Waals surface area contributed by atoms with Gasteiger partial charge in [-0.1, -0.05) is 0 Å². The first-order valence-corrected chi connectivity index (χ1v) is 9.48. The molecule has 7 nitrogen and oxygen atoms in total. The molecule has 0 spiro atoms. The Kier molecular flexibility index (Phi) is 5.57. The Morgan fingerprint density at radius 2 is 1.72 bits per heavy atom. The lowest BCUT2D eigenvalue weighted by Crippen LogP contribution is -2.31. The quantitative estimate of drug-likeness (QED) is 0.638. The SMILES string of the molecule is COc1cc(OC)c(CN2CCc3nc(-c4ccncc4)ncc3C2)c(OC)c1. The van der Waals surface area contributed by atoms with E-state index in [1.54, 1.807) is 33.7 Å². The molecule has 0 atom stereocenters. The molecule has 150 valence electrons. The van der Waals surface area contributed by atoms with Crippen LogP contribution in [0.1, 0.15) is 16.8 Å². The van der Waals surface area contributed by atoms with Crippen LogP contribution in [-0.2, 0) is 19.5 Å². The van der Waals surface area contributed by atoms with Crippen molar-refractivity contribution in [2.75, 3.05) is 27.9 Å². The summed E-state index contributed by atoms with van der Waals surface area (Å²) in [6, 6.07) is 7.64. The minimum absolute atomic E-state index is 0.710. The fraction of sp³-hybridized carbons (Fsp3) is 0.318. The molecule has 3 aromatic rings. The number of rotatable bonds is 6. The minimum atomic E-state index is 0.710. The van der Waals surface area contributed by atoms with Gasteiger partial charge in [0.25, 0.3) is 0 Å². The van der Waals surface area contributed by atoms with E-state index in [0.717, 1.165) is 59.2 Å². The van der Waals surface area contributed by atoms with Gasteiger partial charge in [0.1, 0.15) is 17.2 Å². The highest BCUT2D eigenvalue weighted by Gasteiger charge is 2.22. The van der Waals surface area contributed by atoms with Gasteiger partial charge in [-0.05, 0) is 12.1 Å². The zero-order chi connectivity index (χ0) is 20.2. The summed E-state index contributed by atoms with van der Waals surface area (Å²) in [5, 5.41) is 0. The molecule has 0 bridgehead atoms. The molecule has 1 aliphatic heterocycles. The average molecular weight is 392 g/mol. The number of aromatic nitrogens is 3. The van der Waals surface area contributed by atoms with Crippen LogP contribution in [0.2, 0.25) is 0 Å². The first-order valence-electron chi connectivity index (χ1n) is 9.48. The van der Waals surface area contributed by atoms with Crippen molar-refractivity contribution < 1.29 is 14.2 Å². The Morgan fingerprint density at radius 1 is 1.00 bits per heavy atom. The van der Waals surface area contributed by atoms with E-state index in [-0.39, 0.29) is 0 Å². The molecule has 0 unspecified atom stereocenters. The zero-order valence-corrected chi connectivity index (χ0v) is 16.9. The van der Waals surface area contributed by atoms with Crippen LogP contribution in [-0.4, -0.2) is 47.7 Å². The summed E-state index contributed by atoms with van der Waals surface area (Å²) in [4.78, 5) is 15.8. The van der Waals surface area contributed by atoms with E-state index in [4.69, 9.17) is 19.2 Å². The second-order valence-electron chi connectivity index (χ2n) is 6.87. The lowest BCUT2D eigenvalue weighted by atomic mass is 10.0. The van der Waals surface area contributed by atoms with Crippen LogP contribution < -0.4 is 14.2 Å². The predicted octanol–water partition coefficient (Wildman–Crippen LogP) is 3.12. The molecule has 3 heterocycles. The molecular formula is C22H24N4O3. The maximum Gasteiger partial charge on any atom is 0.159 e. The Hall–Kier alpha value is -3.19. The van der Waals surface area contributed by atoms with Gasteiger partial charge >= 0.3 is 0 Å². The van der Waals surface area contributed by atoms with Gasteiger partial charge < -0.3 is 14.2 Å². The smallest absolute Gasteiger partial charge is 0.159 e. The molecule has 29 heavy (non-hydrogen) atoms. The summed E-state index contributed by atoms with van der Waals surface area (Å²) in [5.74, 6) is 2.98. The minimum Gasteiger partial charge on any atom is -0.496 e. The molecule has 0 saturated carbocycles. The molecule has 2 aromatic heterocycles. The van der Waals surface area contributed by atoms with E-state index >= 15 is 0 Å². The highest BCUT2D eigenvalue weighted by Crippen LogP contribution is 2.35. The summed E-state index contributed by atoms with van der Waals surface area (Å²) < 4.78 is 16.5. The molecule has 0 amide bonds. The van der Waals surface area contributed by atoms with Gasteiger partial charge in [-0.3, -0.25) is 9.88 Å². The summed E-state index contributed by atoms with van der Waals surface area (Å²) >= 11 is 0. The van der Waals surface area contributed by atoms with Crippen molar-refractivity contribution in [3.05, 3.63) is 59.7 Å². The Labute approximate surface area is 170 Å². The zero-order valence-electron chi connectivity index (χ0n) is 16.9. The van der Waals surface area contributed by atoms with Crippen LogP contribution in [0, 0.1) is 0 Å². The van der Waals surface area contributed by atoms with Gasteiger partial charge in [0.05, 0.1) is 32.6 Å². The number of hydrogen-bond donors (Lipinski definition) is 0. The Bertz CT molecular complexity index is 970. The van der Waals surface area contributed by atoms with Crippen LogP contribution in [0.25, 0.3) is 11.4 Å². The van der Waals surface area contributed by atoms with Crippen LogP contribution in [0.4, 0.5) is 0 Å². The number of pyridine rings is 1. The Balaban J connectivity index is 1.55. The number of nitrogens with zero attached hydrogens (tertiary/aromatic N) is 4. The summed E-state index contributed by atoms with van der Waals surface area (Å²) in [6.07, 6.45) is 6.33. The second-order valence-corrected chi connectivity index (χ2v) is 6.87. The molecule has 1 aliphatic rings. The molecule has 0 aliphatic carbocycles. The molecule has 0 radical (unpaired) electrons. The van der Waals surface area contributed by atoms with Crippen molar-refractivity contribution in [2.45, 2.75) is 19.5 Å². The van der Waals surface area contributed by atoms with Crippen LogP contribution >= 0.6 is 0 Å². The molecule has 0 fully saturated rings. The number of benzene rings is 1. The second kappa shape index (κ2) is 8.45. The number of hydrogen-bond acceptors (Lipinski definition) is 7. The van der Waals surface area contributed by atoms with Gasteiger partial charge in [-0.25, -0.2) is 9.97 Å². The van der Waals surface area contributed by atoms with Crippen LogP contribution in [0.3, 0.4) is 0 Å². The van der Waals surface area contributed by atoms with E-state index in [0.29, 0.717) is 12.3 Å². The molecule has 0 saturated heterocycles. The highest BCUT2D eigenvalue weighted by atomic mass is 16.5. The standard InChI is InChI=1S/C22H24N4O3/c1-27-17-10-20(28-2)18(21(11-17)29-3)14-26-9-6-19-16(13-26)12-24-22(25-19)15-4-7-23-8-5-15/h4-5,7-8,10-12H,6,9,13-14H2,1-3H3. The van der Waals surface area contributed by atoms with E-state index in [1.807, 2.05) is 30.5 Å². The summed E-state index contributed by atoms with van der Waals surface area (Å²) in [7, 11) is 4.96. The lowest BCUT2D eigenvalue weighted by Gasteiger charge is -2.29. The number of ether oxygens (including phenoxy) is 3. The maximum absolute atomic E-state index is 5.59. The highest BCUT2D eigenvalue weighted by molar-refractivity contribution is 5.54. The Morgan fingerprint density at radius 3 is 2.38 bits per heavy atom. The lowest BCUT2D eigenvalue weighted by molar-refractivity contribution is 0.234. The third kappa shape index (κ3) is 4.00. The van der Waals surface area contributed by atoms with Crippen LogP contribution in [0.5, 0.6) is 17.2 Å². The summed E-state index contributed by atoms with van der Waals surface area (Å²) in [5.41, 5.74) is 4.25. The molecular weight excluding hydrogens is 368 g/mol. The first kappa shape index (κ1) is 19.1. The fourth-order valence-corrected chi connectivity index (χ4v) is 3.61. The van der Waals surface area contributed by atoms with Gasteiger partial charge in [-0.2, -0.15) is 0 Å². The van der Waals surface area contributed by atoms with Gasteiger partial charge in [0.2, 0.25) is 0 Å². The number of fused-ring (bicyclic) bond motifs is 1. The monoisotopic (exact) mass is 392 g/mol. The third-order valence-corrected chi connectivity index (χ3v) is 5.15. The van der Waals surface area contributed by atoms with Crippen molar-refractivity contribution >= 4 is 0 Å². The van der Waals surface area contributed by atoms with E-state index in [9.17, 15) is 0 Å². The van der Waals surface area contributed by atoms with E-state index in [2.05, 4.69) is 14.9 Å². The van der Waals surface area contributed by atoms with E-state index in [1.165, 1.54) is 0 Å². The normalized spacial score (nSPS) is 13.6. The molecule has 1 aromatic carbocycles. The van der Waals surface area contributed by atoms with Crippen molar-refractivity contribution in [1.82, 2.24) is 19.9 Å². The first-order chi connectivity index (χ1) is 14.2. The van der Waals surface area contributed by atoms with Crippen molar-refractivity contribution in [1.29, 1.82) is 0 Å².